The number of cyclic esters (lactones) is 2. The maximum atomic E-state index is 13.3. The molecule has 57 heavy (non-hydrogen) atoms. The summed E-state index contributed by atoms with van der Waals surface area (Å²) >= 11 is 0. The Morgan fingerprint density at radius 3 is 2.40 bits per heavy atom. The number of para-hydroxylation sites is 1. The van der Waals surface area contributed by atoms with Gasteiger partial charge in [-0.3, -0.25) is 24.0 Å². The van der Waals surface area contributed by atoms with E-state index in [4.69, 9.17) is 23.4 Å². The molecule has 2 aliphatic rings. The van der Waals surface area contributed by atoms with E-state index in [1.165, 1.54) is 38.1 Å². The number of nitrogens with one attached hydrogen (secondary N) is 2. The Kier molecular flexibility index (Phi) is 15.5. The van der Waals surface area contributed by atoms with Crippen molar-refractivity contribution in [2.75, 3.05) is 11.9 Å². The summed E-state index contributed by atoms with van der Waals surface area (Å²) in [5.41, 5.74) is 0.674. The molecule has 5 rings (SSSR count). The third kappa shape index (κ3) is 11.3. The Morgan fingerprint density at radius 1 is 1.00 bits per heavy atom. The first-order chi connectivity index (χ1) is 27.1. The Bertz CT molecular complexity index is 1990. The fraction of sp³-hybridized carbons (Fsp3) is 0.524. The molecule has 3 heterocycles. The van der Waals surface area contributed by atoms with Crippen molar-refractivity contribution in [2.24, 2.45) is 17.8 Å². The summed E-state index contributed by atoms with van der Waals surface area (Å²) in [4.78, 5) is 74.7. The zero-order valence-corrected chi connectivity index (χ0v) is 33.5. The quantitative estimate of drug-likeness (QED) is 0.0589. The molecule has 0 aliphatic carbocycles. The van der Waals surface area contributed by atoms with Gasteiger partial charge in [0.25, 0.3) is 5.91 Å². The van der Waals surface area contributed by atoms with Crippen LogP contribution in [0.25, 0.3) is 11.0 Å². The average Bonchev–Trinajstić information content (AvgIpc) is 3.31. The van der Waals surface area contributed by atoms with Gasteiger partial charge in [0.15, 0.2) is 23.3 Å². The summed E-state index contributed by atoms with van der Waals surface area (Å²) in [6.45, 7) is 13.1. The van der Waals surface area contributed by atoms with E-state index in [1.807, 2.05) is 20.8 Å². The maximum absolute atomic E-state index is 13.3. The van der Waals surface area contributed by atoms with E-state index >= 15 is 0 Å². The highest BCUT2D eigenvalue weighted by Gasteiger charge is 2.44. The number of phenols is 2. The predicted molar refractivity (Wildman–Crippen MR) is 209 cm³/mol. The number of aromatic hydroxyl groups is 2. The highest BCUT2D eigenvalue weighted by molar-refractivity contribution is 6.01. The van der Waals surface area contributed by atoms with E-state index < -0.39 is 59.8 Å². The smallest absolute Gasteiger partial charge is 0.332 e. The Labute approximate surface area is 331 Å². The average molecular weight is 795 g/mol. The second-order valence-electron chi connectivity index (χ2n) is 15.1. The van der Waals surface area contributed by atoms with Gasteiger partial charge in [0.2, 0.25) is 6.41 Å². The highest BCUT2D eigenvalue weighted by Crippen LogP contribution is 2.38. The molecular weight excluding hydrogens is 740 g/mol. The molecule has 0 radical (unpaired) electrons. The summed E-state index contributed by atoms with van der Waals surface area (Å²) in [7, 11) is 0. The van der Waals surface area contributed by atoms with Crippen molar-refractivity contribution in [3.05, 3.63) is 57.4 Å². The van der Waals surface area contributed by atoms with E-state index in [2.05, 4.69) is 17.6 Å². The number of anilines is 1. The molecule has 0 bridgehead atoms. The van der Waals surface area contributed by atoms with Gasteiger partial charge >= 0.3 is 17.9 Å². The lowest BCUT2D eigenvalue weighted by atomic mass is 9.92. The van der Waals surface area contributed by atoms with Crippen LogP contribution < -0.4 is 20.8 Å². The molecule has 4 N–H and O–H groups in total. The summed E-state index contributed by atoms with van der Waals surface area (Å²) in [5.74, 6) is -2.68. The molecule has 15 heteroatoms. The minimum Gasteiger partial charge on any atom is -0.507 e. The highest BCUT2D eigenvalue weighted by atomic mass is 16.6. The molecule has 0 saturated carbocycles. The van der Waals surface area contributed by atoms with Crippen LogP contribution in [0.3, 0.4) is 0 Å². The summed E-state index contributed by atoms with van der Waals surface area (Å²) in [6.07, 6.45) is 1.71. The summed E-state index contributed by atoms with van der Waals surface area (Å²) in [6, 6.07) is 5.82. The minimum absolute atomic E-state index is 0.00114. The second kappa shape index (κ2) is 20.0. The summed E-state index contributed by atoms with van der Waals surface area (Å²) < 4.78 is 28.1. The number of carbonyl (C=O) groups excluding carboxylic acids is 5. The zero-order valence-electron chi connectivity index (χ0n) is 33.5. The van der Waals surface area contributed by atoms with Crippen molar-refractivity contribution >= 4 is 46.9 Å². The van der Waals surface area contributed by atoms with Crippen molar-refractivity contribution in [1.29, 1.82) is 0 Å². The van der Waals surface area contributed by atoms with Crippen molar-refractivity contribution < 1.29 is 57.6 Å². The third-order valence-corrected chi connectivity index (χ3v) is 9.82. The van der Waals surface area contributed by atoms with E-state index in [-0.39, 0.29) is 40.2 Å². The predicted octanol–water partition coefficient (Wildman–Crippen LogP) is 5.86. The van der Waals surface area contributed by atoms with Crippen LogP contribution in [-0.4, -0.2) is 71.4 Å². The maximum Gasteiger partial charge on any atom is 0.332 e. The molecule has 2 aliphatic heterocycles. The van der Waals surface area contributed by atoms with Gasteiger partial charge in [-0.1, -0.05) is 53.0 Å². The number of phenolic OH excluding ortho intramolecular Hbond substituents is 2. The molecule has 2 amide bonds. The molecule has 1 aromatic heterocycles. The molecule has 15 nitrogen and oxygen atoms in total. The van der Waals surface area contributed by atoms with Gasteiger partial charge in [-0.05, 0) is 64.0 Å². The van der Waals surface area contributed by atoms with Crippen molar-refractivity contribution in [1.82, 2.24) is 5.32 Å². The first kappa shape index (κ1) is 44.1. The minimum atomic E-state index is -1.42. The molecule has 6 atom stereocenters. The van der Waals surface area contributed by atoms with Gasteiger partial charge in [0.1, 0.15) is 40.4 Å². The zero-order chi connectivity index (χ0) is 42.0. The number of hydrogen-bond acceptors (Lipinski definition) is 13. The van der Waals surface area contributed by atoms with Crippen LogP contribution in [-0.2, 0) is 39.8 Å². The normalized spacial score (nSPS) is 22.1. The monoisotopic (exact) mass is 794 g/mol. The first-order valence-corrected chi connectivity index (χ1v) is 19.4. The van der Waals surface area contributed by atoms with E-state index in [1.54, 1.807) is 13.0 Å². The molecule has 3 aromatic rings. The molecule has 0 spiro atoms. The first-order valence-electron chi connectivity index (χ1n) is 19.4. The van der Waals surface area contributed by atoms with Crippen LogP contribution in [0.2, 0.25) is 0 Å². The van der Waals surface area contributed by atoms with Crippen LogP contribution in [0.5, 0.6) is 17.2 Å². The number of fused-ring (bicyclic) bond motifs is 2. The number of benzene rings is 2. The van der Waals surface area contributed by atoms with Crippen molar-refractivity contribution in [2.45, 2.75) is 118 Å². The van der Waals surface area contributed by atoms with E-state index in [9.17, 15) is 39.0 Å². The van der Waals surface area contributed by atoms with Crippen LogP contribution in [0.1, 0.15) is 102 Å². The van der Waals surface area contributed by atoms with Gasteiger partial charge in [-0.25, -0.2) is 4.79 Å². The molecule has 2 aromatic carbocycles. The lowest BCUT2D eigenvalue weighted by molar-refractivity contribution is -0.175. The number of hydrogen-bond donors (Lipinski definition) is 4. The van der Waals surface area contributed by atoms with Crippen molar-refractivity contribution in [3.63, 3.8) is 0 Å². The Morgan fingerprint density at radius 2 is 1.72 bits per heavy atom. The van der Waals surface area contributed by atoms with Gasteiger partial charge in [0.05, 0.1) is 23.8 Å². The SMILES string of the molecule is CCCCCC1C(=O)OC(C)C(NC(=O)c2cccc(NC=O)c2O)C(=O)OC(C)C1OC(=O)CC(C)C.Cc1cc(=O)c2c(O)c3c(cc2o1)OCC(C)CC3. The van der Waals surface area contributed by atoms with E-state index in [0.717, 1.165) is 19.3 Å². The fourth-order valence-corrected chi connectivity index (χ4v) is 6.74. The van der Waals surface area contributed by atoms with Gasteiger partial charge in [-0.2, -0.15) is 0 Å². The fourth-order valence-electron chi connectivity index (χ4n) is 6.74. The molecule has 1 saturated heterocycles. The standard InChI is InChI=1S/C27H38N2O9.C15H16O4/c1-6-7-8-10-19-24(38-21(31)13-15(2)3)17(5)37-27(35)22(16(4)36-26(19)34)29-25(33)18-11-9-12-20(23(18)32)28-14-30;1-8-3-4-10-12(18-7-8)6-13-14(15(10)17)11(16)5-9(2)19-13/h9,11-12,14-17,19,22,24,32H,6-8,10,13H2,1-5H3,(H,28,30)(H,29,33);5-6,8,17H,3-4,7H2,1-2H3. The number of carbonyl (C=O) groups is 5. The van der Waals surface area contributed by atoms with Gasteiger partial charge in [0, 0.05) is 24.1 Å². The molecule has 1 fully saturated rings. The van der Waals surface area contributed by atoms with E-state index in [0.29, 0.717) is 60.9 Å². The largest absolute Gasteiger partial charge is 0.507 e. The lowest BCUT2D eigenvalue weighted by Gasteiger charge is -2.29. The second-order valence-corrected chi connectivity index (χ2v) is 15.1. The number of amides is 2. The van der Waals surface area contributed by atoms with Gasteiger partial charge in [-0.15, -0.1) is 0 Å². The summed E-state index contributed by atoms with van der Waals surface area (Å²) in [5, 5.41) is 25.7. The lowest BCUT2D eigenvalue weighted by Crippen LogP contribution is -2.50. The number of esters is 3. The van der Waals surface area contributed by atoms with Crippen LogP contribution in [0.4, 0.5) is 5.69 Å². The number of ether oxygens (including phenoxy) is 4. The Balaban J connectivity index is 0.000000313. The van der Waals surface area contributed by atoms with Crippen LogP contribution in [0, 0.1) is 24.7 Å². The molecule has 310 valence electrons. The molecule has 6 unspecified atom stereocenters. The topological polar surface area (TPSA) is 217 Å². The number of unbranched alkanes of at least 4 members (excludes halogenated alkanes) is 2. The van der Waals surface area contributed by atoms with Crippen LogP contribution in [0.15, 0.2) is 39.5 Å². The molecular formula is C42H54N2O13. The Hall–Kier alpha value is -5.60. The third-order valence-electron chi connectivity index (χ3n) is 9.82. The number of aryl methyl sites for hydroxylation is 1. The van der Waals surface area contributed by atoms with Gasteiger partial charge < -0.3 is 44.2 Å². The number of rotatable bonds is 11. The van der Waals surface area contributed by atoms with Crippen molar-refractivity contribution in [3.8, 4) is 17.2 Å². The van der Waals surface area contributed by atoms with Crippen LogP contribution >= 0.6 is 0 Å².